The third-order valence-electron chi connectivity index (χ3n) is 1.58. The molecule has 4 heteroatoms. The highest BCUT2D eigenvalue weighted by Crippen LogP contribution is 2.05. The van der Waals surface area contributed by atoms with Crippen LogP contribution < -0.4 is 0 Å². The van der Waals surface area contributed by atoms with Crippen LogP contribution >= 0.6 is 0 Å². The first kappa shape index (κ1) is 10.1. The second kappa shape index (κ2) is 4.32. The number of carbonyl (C=O) groups excluding carboxylic acids is 1. The third-order valence-corrected chi connectivity index (χ3v) is 1.58. The number of nitrogens with zero attached hydrogens (tertiary/aromatic N) is 1. The molecule has 1 aromatic heterocycles. The zero-order valence-electron chi connectivity index (χ0n) is 7.60. The first-order valence-electron chi connectivity index (χ1n) is 3.96. The number of hydrogen-bond donors (Lipinski definition) is 1. The van der Waals surface area contributed by atoms with Gasteiger partial charge in [-0.05, 0) is 24.6 Å². The standard InChI is InChI=1S/C10H9NO3/c1-7(12)9-4-8(5-11-6-9)2-3-10(13)14/h2-6H,1H3,(H,13,14). The lowest BCUT2D eigenvalue weighted by atomic mass is 10.1. The molecule has 1 aromatic rings. The fourth-order valence-electron chi connectivity index (χ4n) is 0.909. The highest BCUT2D eigenvalue weighted by molar-refractivity contribution is 5.94. The van der Waals surface area contributed by atoms with E-state index in [0.717, 1.165) is 6.08 Å². The van der Waals surface area contributed by atoms with Crippen LogP contribution in [0.5, 0.6) is 0 Å². The van der Waals surface area contributed by atoms with Crippen molar-refractivity contribution in [2.24, 2.45) is 0 Å². The second-order valence-electron chi connectivity index (χ2n) is 2.73. The second-order valence-corrected chi connectivity index (χ2v) is 2.73. The number of pyridine rings is 1. The van der Waals surface area contributed by atoms with Gasteiger partial charge in [0.25, 0.3) is 0 Å². The molecule has 0 aliphatic rings. The lowest BCUT2D eigenvalue weighted by Crippen LogP contribution is -1.93. The number of carboxylic acid groups (broad SMARTS) is 1. The summed E-state index contributed by atoms with van der Waals surface area (Å²) in [6.45, 7) is 1.43. The summed E-state index contributed by atoms with van der Waals surface area (Å²) in [4.78, 5) is 25.0. The van der Waals surface area contributed by atoms with Crippen molar-refractivity contribution in [1.82, 2.24) is 4.98 Å². The molecule has 0 aliphatic carbocycles. The Morgan fingerprint density at radius 1 is 1.43 bits per heavy atom. The predicted molar refractivity (Wildman–Crippen MR) is 50.9 cm³/mol. The van der Waals surface area contributed by atoms with E-state index in [1.54, 1.807) is 6.07 Å². The van der Waals surface area contributed by atoms with Gasteiger partial charge in [0.05, 0.1) is 0 Å². The predicted octanol–water partition coefficient (Wildman–Crippen LogP) is 1.38. The topological polar surface area (TPSA) is 67.3 Å². The average Bonchev–Trinajstić information content (AvgIpc) is 2.15. The van der Waals surface area contributed by atoms with Crippen molar-refractivity contribution >= 4 is 17.8 Å². The van der Waals surface area contributed by atoms with Crippen molar-refractivity contribution in [3.8, 4) is 0 Å². The minimum atomic E-state index is -1.03. The molecule has 1 heterocycles. The summed E-state index contributed by atoms with van der Waals surface area (Å²) in [5.41, 5.74) is 1.07. The van der Waals surface area contributed by atoms with Crippen LogP contribution in [0.2, 0.25) is 0 Å². The Morgan fingerprint density at radius 2 is 2.14 bits per heavy atom. The molecule has 0 saturated carbocycles. The van der Waals surface area contributed by atoms with Crippen molar-refractivity contribution in [3.63, 3.8) is 0 Å². The van der Waals surface area contributed by atoms with E-state index in [-0.39, 0.29) is 5.78 Å². The van der Waals surface area contributed by atoms with Crippen LogP contribution in [0.1, 0.15) is 22.8 Å². The molecule has 0 spiro atoms. The van der Waals surface area contributed by atoms with Gasteiger partial charge in [-0.2, -0.15) is 0 Å². The fraction of sp³-hybridized carbons (Fsp3) is 0.100. The van der Waals surface area contributed by atoms with E-state index in [1.807, 2.05) is 0 Å². The van der Waals surface area contributed by atoms with Crippen LogP contribution in [0.15, 0.2) is 24.5 Å². The molecule has 0 saturated heterocycles. The van der Waals surface area contributed by atoms with Gasteiger partial charge in [0.2, 0.25) is 0 Å². The van der Waals surface area contributed by atoms with Gasteiger partial charge in [0.15, 0.2) is 5.78 Å². The van der Waals surface area contributed by atoms with E-state index >= 15 is 0 Å². The van der Waals surface area contributed by atoms with Crippen molar-refractivity contribution < 1.29 is 14.7 Å². The first-order valence-corrected chi connectivity index (χ1v) is 3.96. The van der Waals surface area contributed by atoms with Crippen molar-refractivity contribution in [3.05, 3.63) is 35.7 Å². The Labute approximate surface area is 80.9 Å². The first-order chi connectivity index (χ1) is 6.59. The van der Waals surface area contributed by atoms with Crippen molar-refractivity contribution in [2.75, 3.05) is 0 Å². The van der Waals surface area contributed by atoms with Gasteiger partial charge >= 0.3 is 5.97 Å². The summed E-state index contributed by atoms with van der Waals surface area (Å²) >= 11 is 0. The molecular weight excluding hydrogens is 182 g/mol. The minimum absolute atomic E-state index is 0.0944. The van der Waals surface area contributed by atoms with Crippen LogP contribution in [0.3, 0.4) is 0 Å². The van der Waals surface area contributed by atoms with Gasteiger partial charge in [0.1, 0.15) is 0 Å². The number of ketones is 1. The molecule has 0 aliphatic heterocycles. The fourth-order valence-corrected chi connectivity index (χ4v) is 0.909. The molecule has 0 atom stereocenters. The number of carbonyl (C=O) groups is 2. The summed E-state index contributed by atoms with van der Waals surface area (Å²) in [7, 11) is 0. The highest BCUT2D eigenvalue weighted by atomic mass is 16.4. The lowest BCUT2D eigenvalue weighted by molar-refractivity contribution is -0.131. The lowest BCUT2D eigenvalue weighted by Gasteiger charge is -1.95. The minimum Gasteiger partial charge on any atom is -0.478 e. The maximum Gasteiger partial charge on any atom is 0.328 e. The Hall–Kier alpha value is -1.97. The molecule has 0 unspecified atom stereocenters. The van der Waals surface area contributed by atoms with Crippen LogP contribution in [0.25, 0.3) is 6.08 Å². The Bertz CT molecular complexity index is 396. The van der Waals surface area contributed by atoms with E-state index in [1.165, 1.54) is 25.4 Å². The normalized spacial score (nSPS) is 10.4. The molecule has 0 amide bonds. The smallest absolute Gasteiger partial charge is 0.328 e. The van der Waals surface area contributed by atoms with E-state index in [0.29, 0.717) is 11.1 Å². The molecule has 4 nitrogen and oxygen atoms in total. The van der Waals surface area contributed by atoms with Crippen LogP contribution in [-0.2, 0) is 4.79 Å². The number of aliphatic carboxylic acids is 1. The van der Waals surface area contributed by atoms with Crippen molar-refractivity contribution in [2.45, 2.75) is 6.92 Å². The van der Waals surface area contributed by atoms with Crippen LogP contribution in [-0.4, -0.2) is 21.8 Å². The van der Waals surface area contributed by atoms with E-state index in [9.17, 15) is 9.59 Å². The average molecular weight is 191 g/mol. The molecule has 72 valence electrons. The number of rotatable bonds is 3. The summed E-state index contributed by atoms with van der Waals surface area (Å²) in [6, 6.07) is 1.59. The number of Topliss-reactive ketones (excluding diaryl/α,β-unsaturated/α-hetero) is 1. The third kappa shape index (κ3) is 2.82. The molecule has 1 N–H and O–H groups in total. The summed E-state index contributed by atoms with van der Waals surface area (Å²) < 4.78 is 0. The highest BCUT2D eigenvalue weighted by Gasteiger charge is 1.99. The summed E-state index contributed by atoms with van der Waals surface area (Å²) in [5.74, 6) is -1.12. The molecular formula is C10H9NO3. The van der Waals surface area contributed by atoms with Crippen molar-refractivity contribution in [1.29, 1.82) is 0 Å². The SMILES string of the molecule is CC(=O)c1cncc(C=CC(=O)O)c1. The number of hydrogen-bond acceptors (Lipinski definition) is 3. The van der Waals surface area contributed by atoms with E-state index in [2.05, 4.69) is 4.98 Å². The molecule has 0 fully saturated rings. The Balaban J connectivity index is 2.94. The quantitative estimate of drug-likeness (QED) is 0.579. The molecule has 14 heavy (non-hydrogen) atoms. The van der Waals surface area contributed by atoms with E-state index in [4.69, 9.17) is 5.11 Å². The van der Waals surface area contributed by atoms with Gasteiger partial charge < -0.3 is 5.11 Å². The zero-order chi connectivity index (χ0) is 10.6. The molecule has 0 radical (unpaired) electrons. The maximum absolute atomic E-state index is 11.0. The number of aromatic nitrogens is 1. The Kier molecular flexibility index (Phi) is 3.12. The molecule has 1 rings (SSSR count). The van der Waals surface area contributed by atoms with Crippen LogP contribution in [0.4, 0.5) is 0 Å². The monoisotopic (exact) mass is 191 g/mol. The number of carboxylic acids is 1. The summed E-state index contributed by atoms with van der Waals surface area (Å²) in [5, 5.41) is 8.38. The van der Waals surface area contributed by atoms with Gasteiger partial charge in [0, 0.05) is 24.0 Å². The molecule has 0 bridgehead atoms. The van der Waals surface area contributed by atoms with Gasteiger partial charge in [-0.1, -0.05) is 0 Å². The maximum atomic E-state index is 11.0. The van der Waals surface area contributed by atoms with Gasteiger partial charge in [-0.25, -0.2) is 4.79 Å². The van der Waals surface area contributed by atoms with Gasteiger partial charge in [-0.15, -0.1) is 0 Å². The summed E-state index contributed by atoms with van der Waals surface area (Å²) in [6.07, 6.45) is 5.33. The molecule has 0 aromatic carbocycles. The Morgan fingerprint density at radius 3 is 2.71 bits per heavy atom. The van der Waals surface area contributed by atoms with Gasteiger partial charge in [-0.3, -0.25) is 9.78 Å². The zero-order valence-corrected chi connectivity index (χ0v) is 7.60. The largest absolute Gasteiger partial charge is 0.478 e. The van der Waals surface area contributed by atoms with E-state index < -0.39 is 5.97 Å². The van der Waals surface area contributed by atoms with Crippen LogP contribution in [0, 0.1) is 0 Å².